The molecule has 1 fully saturated rings. The molecule has 0 atom stereocenters. The van der Waals surface area contributed by atoms with E-state index in [0.717, 1.165) is 5.92 Å². The standard InChI is InChI=1S/C10H21NS/c1-11-7-3-2-4-10-5-8-12-9-6-10/h10-11H,2-9H2,1H3. The number of hydrogen-bond donors (Lipinski definition) is 1. The minimum atomic E-state index is 1.06. The molecule has 0 aromatic rings. The van der Waals surface area contributed by atoms with Crippen molar-refractivity contribution in [2.75, 3.05) is 25.1 Å². The van der Waals surface area contributed by atoms with E-state index in [4.69, 9.17) is 0 Å². The van der Waals surface area contributed by atoms with E-state index in [1.807, 2.05) is 7.05 Å². The first-order chi connectivity index (χ1) is 5.93. The van der Waals surface area contributed by atoms with Crippen molar-refractivity contribution in [2.24, 2.45) is 5.92 Å². The molecular formula is C10H21NS. The van der Waals surface area contributed by atoms with Gasteiger partial charge in [-0.25, -0.2) is 0 Å². The van der Waals surface area contributed by atoms with Crippen LogP contribution >= 0.6 is 11.8 Å². The first-order valence-corrected chi connectivity index (χ1v) is 6.31. The molecule has 0 saturated carbocycles. The molecule has 1 N–H and O–H groups in total. The topological polar surface area (TPSA) is 12.0 Å². The molecule has 12 heavy (non-hydrogen) atoms. The van der Waals surface area contributed by atoms with Crippen molar-refractivity contribution in [3.63, 3.8) is 0 Å². The van der Waals surface area contributed by atoms with Crippen LogP contribution in [-0.4, -0.2) is 25.1 Å². The second kappa shape index (κ2) is 6.79. The highest BCUT2D eigenvalue weighted by Crippen LogP contribution is 2.26. The molecule has 0 aromatic carbocycles. The van der Waals surface area contributed by atoms with Gasteiger partial charge in [0.15, 0.2) is 0 Å². The Morgan fingerprint density at radius 2 is 2.00 bits per heavy atom. The lowest BCUT2D eigenvalue weighted by Crippen LogP contribution is -2.11. The molecule has 0 aromatic heterocycles. The van der Waals surface area contributed by atoms with Gasteiger partial charge in [0.25, 0.3) is 0 Å². The Labute approximate surface area is 80.7 Å². The molecule has 2 heteroatoms. The lowest BCUT2D eigenvalue weighted by molar-refractivity contribution is 0.430. The first kappa shape index (κ1) is 10.4. The average Bonchev–Trinajstić information content (AvgIpc) is 2.14. The van der Waals surface area contributed by atoms with Gasteiger partial charge in [-0.2, -0.15) is 11.8 Å². The van der Waals surface area contributed by atoms with Gasteiger partial charge >= 0.3 is 0 Å². The molecule has 0 aliphatic carbocycles. The number of hydrogen-bond acceptors (Lipinski definition) is 2. The third-order valence-electron chi connectivity index (χ3n) is 2.63. The van der Waals surface area contributed by atoms with E-state index in [1.165, 1.54) is 50.2 Å². The van der Waals surface area contributed by atoms with E-state index in [-0.39, 0.29) is 0 Å². The zero-order valence-electron chi connectivity index (χ0n) is 8.14. The van der Waals surface area contributed by atoms with Crippen molar-refractivity contribution in [3.8, 4) is 0 Å². The molecule has 1 heterocycles. The quantitative estimate of drug-likeness (QED) is 0.664. The Balaban J connectivity index is 1.91. The third kappa shape index (κ3) is 4.36. The fourth-order valence-electron chi connectivity index (χ4n) is 1.77. The van der Waals surface area contributed by atoms with Crippen LogP contribution in [0.1, 0.15) is 32.1 Å². The molecule has 1 aliphatic heterocycles. The van der Waals surface area contributed by atoms with Crippen LogP contribution in [0.4, 0.5) is 0 Å². The zero-order valence-corrected chi connectivity index (χ0v) is 8.96. The molecule has 0 spiro atoms. The van der Waals surface area contributed by atoms with Crippen LogP contribution in [0.3, 0.4) is 0 Å². The molecule has 0 unspecified atom stereocenters. The highest BCUT2D eigenvalue weighted by Gasteiger charge is 2.12. The van der Waals surface area contributed by atoms with Crippen molar-refractivity contribution in [1.82, 2.24) is 5.32 Å². The molecule has 0 radical (unpaired) electrons. The summed E-state index contributed by atoms with van der Waals surface area (Å²) in [5, 5.41) is 3.20. The Kier molecular flexibility index (Phi) is 5.88. The summed E-state index contributed by atoms with van der Waals surface area (Å²) in [5.74, 6) is 3.89. The van der Waals surface area contributed by atoms with Gasteiger partial charge in [-0.3, -0.25) is 0 Å². The number of thioether (sulfide) groups is 1. The normalized spacial score (nSPS) is 19.8. The fraction of sp³-hybridized carbons (Fsp3) is 1.00. The van der Waals surface area contributed by atoms with Gasteiger partial charge in [0, 0.05) is 0 Å². The second-order valence-electron chi connectivity index (χ2n) is 3.66. The van der Waals surface area contributed by atoms with Gasteiger partial charge in [0.05, 0.1) is 0 Å². The Hall–Kier alpha value is 0.310. The van der Waals surface area contributed by atoms with Crippen LogP contribution in [0.2, 0.25) is 0 Å². The molecule has 0 amide bonds. The van der Waals surface area contributed by atoms with Crippen LogP contribution in [0, 0.1) is 5.92 Å². The Bertz CT molecular complexity index is 100. The summed E-state index contributed by atoms with van der Waals surface area (Å²) in [4.78, 5) is 0. The highest BCUT2D eigenvalue weighted by molar-refractivity contribution is 7.99. The van der Waals surface area contributed by atoms with Crippen LogP contribution in [0.25, 0.3) is 0 Å². The Morgan fingerprint density at radius 3 is 2.67 bits per heavy atom. The van der Waals surface area contributed by atoms with Crippen molar-refractivity contribution in [3.05, 3.63) is 0 Å². The van der Waals surface area contributed by atoms with Crippen molar-refractivity contribution >= 4 is 11.8 Å². The lowest BCUT2D eigenvalue weighted by atomic mass is 9.96. The van der Waals surface area contributed by atoms with E-state index in [9.17, 15) is 0 Å². The summed E-state index contributed by atoms with van der Waals surface area (Å²) in [6.07, 6.45) is 7.22. The largest absolute Gasteiger partial charge is 0.320 e. The summed E-state index contributed by atoms with van der Waals surface area (Å²) >= 11 is 2.13. The van der Waals surface area contributed by atoms with Crippen LogP contribution in [0.5, 0.6) is 0 Å². The summed E-state index contributed by atoms with van der Waals surface area (Å²) in [6, 6.07) is 0. The van der Waals surface area contributed by atoms with Gasteiger partial charge in [-0.05, 0) is 50.3 Å². The van der Waals surface area contributed by atoms with Crippen LogP contribution in [0.15, 0.2) is 0 Å². The third-order valence-corrected chi connectivity index (χ3v) is 3.68. The van der Waals surface area contributed by atoms with E-state index >= 15 is 0 Å². The molecule has 72 valence electrons. The molecule has 1 nitrogen and oxygen atoms in total. The van der Waals surface area contributed by atoms with Gasteiger partial charge in [0.1, 0.15) is 0 Å². The minimum Gasteiger partial charge on any atom is -0.320 e. The van der Waals surface area contributed by atoms with Crippen LogP contribution < -0.4 is 5.32 Å². The van der Waals surface area contributed by atoms with Crippen molar-refractivity contribution in [1.29, 1.82) is 0 Å². The lowest BCUT2D eigenvalue weighted by Gasteiger charge is -2.20. The van der Waals surface area contributed by atoms with Crippen LogP contribution in [-0.2, 0) is 0 Å². The van der Waals surface area contributed by atoms with E-state index < -0.39 is 0 Å². The molecule has 1 saturated heterocycles. The van der Waals surface area contributed by atoms with E-state index in [2.05, 4.69) is 17.1 Å². The fourth-order valence-corrected chi connectivity index (χ4v) is 2.97. The van der Waals surface area contributed by atoms with E-state index in [1.54, 1.807) is 0 Å². The maximum absolute atomic E-state index is 3.20. The van der Waals surface area contributed by atoms with Gasteiger partial charge < -0.3 is 5.32 Å². The summed E-state index contributed by atoms with van der Waals surface area (Å²) < 4.78 is 0. The van der Waals surface area contributed by atoms with Gasteiger partial charge in [0.2, 0.25) is 0 Å². The van der Waals surface area contributed by atoms with Crippen molar-refractivity contribution < 1.29 is 0 Å². The maximum Gasteiger partial charge on any atom is -0.00519 e. The van der Waals surface area contributed by atoms with Gasteiger partial charge in [-0.1, -0.05) is 12.8 Å². The smallest absolute Gasteiger partial charge is 0.00519 e. The first-order valence-electron chi connectivity index (χ1n) is 5.16. The minimum absolute atomic E-state index is 1.06. The van der Waals surface area contributed by atoms with E-state index in [0.29, 0.717) is 0 Å². The number of rotatable bonds is 5. The van der Waals surface area contributed by atoms with Crippen molar-refractivity contribution in [2.45, 2.75) is 32.1 Å². The summed E-state index contributed by atoms with van der Waals surface area (Å²) in [5.41, 5.74) is 0. The highest BCUT2D eigenvalue weighted by atomic mass is 32.2. The second-order valence-corrected chi connectivity index (χ2v) is 4.88. The predicted molar refractivity (Wildman–Crippen MR) is 57.8 cm³/mol. The zero-order chi connectivity index (χ0) is 8.65. The number of nitrogens with one attached hydrogen (secondary N) is 1. The predicted octanol–water partition coefficient (Wildman–Crippen LogP) is 2.52. The Morgan fingerprint density at radius 1 is 1.25 bits per heavy atom. The maximum atomic E-state index is 3.20. The SMILES string of the molecule is CNCCCCC1CCSCC1. The summed E-state index contributed by atoms with van der Waals surface area (Å²) in [7, 11) is 2.04. The summed E-state index contributed by atoms with van der Waals surface area (Å²) in [6.45, 7) is 1.20. The number of unbranched alkanes of at least 4 members (excludes halogenated alkanes) is 1. The molecule has 1 rings (SSSR count). The monoisotopic (exact) mass is 187 g/mol. The molecular weight excluding hydrogens is 166 g/mol. The molecule has 0 bridgehead atoms. The molecule has 1 aliphatic rings. The average molecular weight is 187 g/mol. The van der Waals surface area contributed by atoms with Gasteiger partial charge in [-0.15, -0.1) is 0 Å².